The fraction of sp³-hybridized carbons (Fsp3) is 0.647. The Morgan fingerprint density at radius 3 is 3.12 bits per heavy atom. The number of rotatable bonds is 3. The van der Waals surface area contributed by atoms with Crippen LogP contribution in [-0.4, -0.2) is 36.2 Å². The van der Waals surface area contributed by atoms with Gasteiger partial charge >= 0.3 is 0 Å². The minimum absolute atomic E-state index is 0.164. The van der Waals surface area contributed by atoms with Crippen molar-refractivity contribution in [3.8, 4) is 0 Å². The molecule has 0 radical (unpaired) electrons. The highest BCUT2D eigenvalue weighted by Gasteiger charge is 2.44. The van der Waals surface area contributed by atoms with Crippen LogP contribution in [0.25, 0.3) is 0 Å². The average molecular weight is 441 g/mol. The van der Waals surface area contributed by atoms with E-state index in [1.54, 1.807) is 0 Å². The van der Waals surface area contributed by atoms with E-state index in [4.69, 9.17) is 4.74 Å². The molecule has 0 amide bonds. The molecule has 0 bridgehead atoms. The van der Waals surface area contributed by atoms with Crippen molar-refractivity contribution in [1.29, 1.82) is 0 Å². The van der Waals surface area contributed by atoms with Gasteiger partial charge in [0.15, 0.2) is 0 Å². The first-order valence-electron chi connectivity index (χ1n) is 8.91. The molecule has 5 nitrogen and oxygen atoms in total. The number of nitrogens with one attached hydrogen (secondary N) is 1. The van der Waals surface area contributed by atoms with Gasteiger partial charge in [-0.2, -0.15) is 0 Å². The maximum absolute atomic E-state index is 6.39. The van der Waals surface area contributed by atoms with Gasteiger partial charge in [0.1, 0.15) is 5.60 Å². The lowest BCUT2D eigenvalue weighted by atomic mass is 9.82. The molecule has 4 heterocycles. The van der Waals surface area contributed by atoms with Crippen molar-refractivity contribution in [2.24, 2.45) is 0 Å². The van der Waals surface area contributed by atoms with E-state index in [9.17, 15) is 0 Å². The number of thiophene rings is 1. The van der Waals surface area contributed by atoms with Crippen LogP contribution in [0.1, 0.15) is 35.0 Å². The van der Waals surface area contributed by atoms with Crippen LogP contribution in [0.2, 0.25) is 19.6 Å². The van der Waals surface area contributed by atoms with Gasteiger partial charge < -0.3 is 10.1 Å². The molecular weight excluding hydrogens is 416 g/mol. The van der Waals surface area contributed by atoms with Crippen LogP contribution in [0.5, 0.6) is 0 Å². The van der Waals surface area contributed by atoms with Crippen molar-refractivity contribution in [2.45, 2.75) is 56.7 Å². The topological polar surface area (TPSA) is 52.0 Å². The van der Waals surface area contributed by atoms with Crippen LogP contribution in [0, 0.1) is 0 Å². The van der Waals surface area contributed by atoms with Gasteiger partial charge in [0.05, 0.1) is 30.2 Å². The maximum atomic E-state index is 6.39. The van der Waals surface area contributed by atoms with E-state index in [1.807, 2.05) is 16.0 Å². The lowest BCUT2D eigenvalue weighted by molar-refractivity contribution is -0.0871. The molecule has 1 spiro atoms. The number of aromatic nitrogens is 3. The molecule has 2 atom stereocenters. The van der Waals surface area contributed by atoms with Crippen molar-refractivity contribution in [2.75, 3.05) is 13.2 Å². The molecule has 4 rings (SSSR count). The zero-order valence-corrected chi connectivity index (χ0v) is 18.4. The molecule has 0 aromatic carbocycles. The van der Waals surface area contributed by atoms with Crippen molar-refractivity contribution in [1.82, 2.24) is 20.3 Å². The zero-order valence-electron chi connectivity index (χ0n) is 15.0. The van der Waals surface area contributed by atoms with Crippen LogP contribution < -0.4 is 5.32 Å². The quantitative estimate of drug-likeness (QED) is 0.735. The summed E-state index contributed by atoms with van der Waals surface area (Å²) in [5, 5.41) is 12.5. The Kier molecular flexibility index (Phi) is 4.69. The fourth-order valence-electron chi connectivity index (χ4n) is 3.92. The van der Waals surface area contributed by atoms with Crippen molar-refractivity contribution < 1.29 is 4.74 Å². The van der Waals surface area contributed by atoms with Crippen LogP contribution >= 0.6 is 27.3 Å². The van der Waals surface area contributed by atoms with Crippen LogP contribution in [0.4, 0.5) is 0 Å². The summed E-state index contributed by atoms with van der Waals surface area (Å²) in [6.07, 6.45) is 6.11. The molecule has 1 fully saturated rings. The van der Waals surface area contributed by atoms with Crippen LogP contribution in [0.3, 0.4) is 0 Å². The van der Waals surface area contributed by atoms with Crippen LogP contribution in [0.15, 0.2) is 16.0 Å². The van der Waals surface area contributed by atoms with Gasteiger partial charge in [-0.1, -0.05) is 24.9 Å². The number of halogens is 1. The van der Waals surface area contributed by atoms with Gasteiger partial charge in [-0.25, -0.2) is 0 Å². The van der Waals surface area contributed by atoms with Gasteiger partial charge in [0, 0.05) is 23.7 Å². The normalized spacial score (nSPS) is 26.8. The highest BCUT2D eigenvalue weighted by molar-refractivity contribution is 9.11. The summed E-state index contributed by atoms with van der Waals surface area (Å²) in [4.78, 5) is 1.41. The maximum Gasteiger partial charge on any atom is 0.106 e. The van der Waals surface area contributed by atoms with E-state index in [2.05, 4.69) is 63.5 Å². The van der Waals surface area contributed by atoms with Crippen molar-refractivity contribution in [3.63, 3.8) is 0 Å². The average Bonchev–Trinajstić information content (AvgIpc) is 3.13. The molecule has 2 aromatic rings. The second-order valence-corrected chi connectivity index (χ2v) is 16.2. The lowest BCUT2D eigenvalue weighted by Crippen LogP contribution is -2.45. The van der Waals surface area contributed by atoms with E-state index >= 15 is 0 Å². The van der Waals surface area contributed by atoms with Crippen LogP contribution in [-0.2, 0) is 22.9 Å². The summed E-state index contributed by atoms with van der Waals surface area (Å²) >= 11 is 5.49. The second-order valence-electron chi connectivity index (χ2n) is 8.36. The lowest BCUT2D eigenvalue weighted by Gasteiger charge is -2.43. The van der Waals surface area contributed by atoms with E-state index in [1.165, 1.54) is 14.2 Å². The molecule has 136 valence electrons. The van der Waals surface area contributed by atoms with Gasteiger partial charge in [0.2, 0.25) is 0 Å². The highest BCUT2D eigenvalue weighted by Crippen LogP contribution is 2.48. The first-order valence-corrected chi connectivity index (χ1v) is 14.2. The van der Waals surface area contributed by atoms with Crippen molar-refractivity contribution >= 4 is 35.3 Å². The third-order valence-electron chi connectivity index (χ3n) is 4.95. The second kappa shape index (κ2) is 6.56. The first kappa shape index (κ1) is 17.9. The summed E-state index contributed by atoms with van der Waals surface area (Å²) in [5.74, 6) is 0. The van der Waals surface area contributed by atoms with Gasteiger partial charge in [-0.05, 0) is 46.9 Å². The summed E-state index contributed by atoms with van der Waals surface area (Å²) in [6.45, 7) is 8.82. The standard InChI is InChI=1S/C17H25BrN4OSSi/c1-25(2,3)11-22-10-14(20-21-22)13-9-17(5-6-19-13)16-12(4-7-23-17)8-15(18)24-16/h8,10,13,19H,4-7,9,11H2,1-3H3/t13-,17?/m0/s1. The largest absolute Gasteiger partial charge is 0.369 e. The zero-order chi connectivity index (χ0) is 17.7. The number of nitrogens with zero attached hydrogens (tertiary/aromatic N) is 3. The van der Waals surface area contributed by atoms with Gasteiger partial charge in [-0.15, -0.1) is 16.4 Å². The predicted octanol–water partition coefficient (Wildman–Crippen LogP) is 3.87. The summed E-state index contributed by atoms with van der Waals surface area (Å²) in [7, 11) is -1.21. The Balaban J connectivity index is 1.58. The number of hydrogen-bond donors (Lipinski definition) is 1. The highest BCUT2D eigenvalue weighted by atomic mass is 79.9. The third-order valence-corrected chi connectivity index (χ3v) is 8.08. The molecule has 1 saturated heterocycles. The van der Waals surface area contributed by atoms with Gasteiger partial charge in [0.25, 0.3) is 0 Å². The summed E-state index contributed by atoms with van der Waals surface area (Å²) < 4.78 is 9.62. The minimum Gasteiger partial charge on any atom is -0.369 e. The van der Waals surface area contributed by atoms with E-state index in [0.717, 1.165) is 44.3 Å². The Hall–Kier alpha value is -0.543. The molecule has 2 aromatic heterocycles. The van der Waals surface area contributed by atoms with E-state index < -0.39 is 8.07 Å². The fourth-order valence-corrected chi connectivity index (χ4v) is 6.93. The molecule has 2 aliphatic heterocycles. The molecule has 1 N–H and O–H groups in total. The Morgan fingerprint density at radius 2 is 2.32 bits per heavy atom. The SMILES string of the molecule is C[Si](C)(C)Cn1cc([C@@H]2CC3(CCN2)OCCc2cc(Br)sc23)nn1. The Morgan fingerprint density at radius 1 is 1.48 bits per heavy atom. The molecule has 0 aliphatic carbocycles. The number of piperidine rings is 1. The molecular formula is C17H25BrN4OSSi. The molecule has 25 heavy (non-hydrogen) atoms. The molecule has 8 heteroatoms. The number of ether oxygens (including phenoxy) is 1. The minimum atomic E-state index is -1.21. The number of fused-ring (bicyclic) bond motifs is 2. The van der Waals surface area contributed by atoms with E-state index in [-0.39, 0.29) is 11.6 Å². The summed E-state index contributed by atoms with van der Waals surface area (Å²) in [6, 6.07) is 2.47. The third kappa shape index (κ3) is 3.64. The van der Waals surface area contributed by atoms with E-state index in [0.29, 0.717) is 0 Å². The first-order chi connectivity index (χ1) is 11.8. The Labute approximate surface area is 162 Å². The van der Waals surface area contributed by atoms with Crippen molar-refractivity contribution in [3.05, 3.63) is 32.2 Å². The molecule has 1 unspecified atom stereocenters. The monoisotopic (exact) mass is 440 g/mol. The van der Waals surface area contributed by atoms with Gasteiger partial charge in [-0.3, -0.25) is 4.68 Å². The predicted molar refractivity (Wildman–Crippen MR) is 107 cm³/mol. The Bertz CT molecular complexity index is 771. The molecule has 0 saturated carbocycles. The summed E-state index contributed by atoms with van der Waals surface area (Å²) in [5.41, 5.74) is 2.33. The number of hydrogen-bond acceptors (Lipinski definition) is 5. The smallest absolute Gasteiger partial charge is 0.106 e. The molecule has 2 aliphatic rings.